The molecule has 2 aromatic carbocycles. The highest BCUT2D eigenvalue weighted by molar-refractivity contribution is 7.99. The van der Waals surface area contributed by atoms with Gasteiger partial charge in [-0.3, -0.25) is 0 Å². The molecule has 0 spiro atoms. The van der Waals surface area contributed by atoms with Crippen molar-refractivity contribution < 1.29 is 14.6 Å². The van der Waals surface area contributed by atoms with Crippen LogP contribution in [-0.2, 0) is 0 Å². The molecule has 2 aromatic heterocycles. The molecule has 0 saturated carbocycles. The van der Waals surface area contributed by atoms with Crippen LogP contribution in [0.15, 0.2) is 60.0 Å². The van der Waals surface area contributed by atoms with Gasteiger partial charge in [-0.2, -0.15) is 0 Å². The Balaban J connectivity index is 1.37. The summed E-state index contributed by atoms with van der Waals surface area (Å²) in [6, 6.07) is 15.0. The lowest BCUT2D eigenvalue weighted by atomic mass is 10.2. The predicted molar refractivity (Wildman–Crippen MR) is 104 cm³/mol. The summed E-state index contributed by atoms with van der Waals surface area (Å²) in [6.45, 7) is 0.192. The molecule has 0 bridgehead atoms. The highest BCUT2D eigenvalue weighted by Crippen LogP contribution is 2.21. The minimum atomic E-state index is -0.640. The van der Waals surface area contributed by atoms with Crippen molar-refractivity contribution in [3.63, 3.8) is 0 Å². The van der Waals surface area contributed by atoms with Gasteiger partial charge in [-0.05, 0) is 36.4 Å². The van der Waals surface area contributed by atoms with E-state index in [2.05, 4.69) is 15.1 Å². The molecule has 7 nitrogen and oxygen atoms in total. The van der Waals surface area contributed by atoms with E-state index in [1.165, 1.54) is 11.8 Å². The Kier molecular flexibility index (Phi) is 5.08. The molecule has 4 rings (SSSR count). The van der Waals surface area contributed by atoms with Gasteiger partial charge >= 0.3 is 0 Å². The predicted octanol–water partition coefficient (Wildman–Crippen LogP) is 2.82. The van der Waals surface area contributed by atoms with Crippen LogP contribution in [0, 0.1) is 0 Å². The number of methoxy groups -OCH3 is 1. The number of hydrogen-bond acceptors (Lipinski definition) is 7. The van der Waals surface area contributed by atoms with E-state index < -0.39 is 6.10 Å². The summed E-state index contributed by atoms with van der Waals surface area (Å²) in [5.74, 6) is 1.87. The normalized spacial score (nSPS) is 12.4. The Bertz CT molecular complexity index is 1050. The summed E-state index contributed by atoms with van der Waals surface area (Å²) in [5.41, 5.74) is 1.63. The monoisotopic (exact) mass is 382 g/mol. The molecule has 4 aromatic rings. The molecule has 0 aliphatic carbocycles. The third kappa shape index (κ3) is 3.96. The van der Waals surface area contributed by atoms with Gasteiger partial charge in [-0.25, -0.2) is 14.5 Å². The largest absolute Gasteiger partial charge is 0.497 e. The lowest BCUT2D eigenvalue weighted by Crippen LogP contribution is -2.20. The maximum Gasteiger partial charge on any atom is 0.209 e. The maximum absolute atomic E-state index is 10.2. The van der Waals surface area contributed by atoms with Crippen molar-refractivity contribution in [2.24, 2.45) is 0 Å². The van der Waals surface area contributed by atoms with Crippen molar-refractivity contribution in [2.75, 3.05) is 19.5 Å². The molecule has 27 heavy (non-hydrogen) atoms. The third-order valence-corrected chi connectivity index (χ3v) is 4.95. The summed E-state index contributed by atoms with van der Waals surface area (Å²) < 4.78 is 12.4. The topological polar surface area (TPSA) is 81.8 Å². The van der Waals surface area contributed by atoms with Gasteiger partial charge in [0.05, 0.1) is 18.7 Å². The Hall–Kier alpha value is -2.84. The van der Waals surface area contributed by atoms with Gasteiger partial charge < -0.3 is 14.6 Å². The fourth-order valence-corrected chi connectivity index (χ4v) is 3.34. The molecule has 0 aliphatic heterocycles. The van der Waals surface area contributed by atoms with Crippen molar-refractivity contribution in [2.45, 2.75) is 11.3 Å². The number of para-hydroxylation sites is 1. The third-order valence-electron chi connectivity index (χ3n) is 3.97. The van der Waals surface area contributed by atoms with Crippen LogP contribution in [0.25, 0.3) is 16.6 Å². The first-order valence-electron chi connectivity index (χ1n) is 8.41. The number of nitrogens with zero attached hydrogens (tertiary/aromatic N) is 4. The van der Waals surface area contributed by atoms with E-state index in [0.29, 0.717) is 16.7 Å². The van der Waals surface area contributed by atoms with E-state index in [1.807, 2.05) is 36.4 Å². The summed E-state index contributed by atoms with van der Waals surface area (Å²) >= 11 is 1.38. The number of fused-ring (bicyclic) bond motifs is 3. The quantitative estimate of drug-likeness (QED) is 0.492. The van der Waals surface area contributed by atoms with Crippen LogP contribution in [0.1, 0.15) is 0 Å². The smallest absolute Gasteiger partial charge is 0.209 e. The number of aliphatic hydroxyl groups is 1. The van der Waals surface area contributed by atoms with Crippen LogP contribution in [0.4, 0.5) is 0 Å². The SMILES string of the molecule is COc1ccc(OC[C@H](O)CSc2nc3c4ccccc4ncn3n2)cc1. The fraction of sp³-hybridized carbons (Fsp3) is 0.211. The molecule has 8 heteroatoms. The van der Waals surface area contributed by atoms with Crippen molar-refractivity contribution in [1.29, 1.82) is 0 Å². The van der Waals surface area contributed by atoms with E-state index in [0.717, 1.165) is 22.3 Å². The highest BCUT2D eigenvalue weighted by Gasteiger charge is 2.12. The van der Waals surface area contributed by atoms with Crippen LogP contribution in [0.2, 0.25) is 0 Å². The number of aromatic nitrogens is 4. The zero-order valence-electron chi connectivity index (χ0n) is 14.6. The summed E-state index contributed by atoms with van der Waals surface area (Å²) in [6.07, 6.45) is 1.01. The van der Waals surface area contributed by atoms with Gasteiger partial charge in [0.15, 0.2) is 5.65 Å². The molecule has 138 valence electrons. The molecule has 0 amide bonds. The molecule has 0 radical (unpaired) electrons. The zero-order valence-corrected chi connectivity index (χ0v) is 15.5. The highest BCUT2D eigenvalue weighted by atomic mass is 32.2. The molecule has 1 N–H and O–H groups in total. The molecule has 2 heterocycles. The van der Waals surface area contributed by atoms with Gasteiger partial charge in [-0.1, -0.05) is 23.9 Å². The van der Waals surface area contributed by atoms with Crippen LogP contribution in [-0.4, -0.2) is 50.3 Å². The molecule has 0 aliphatic rings. The zero-order chi connectivity index (χ0) is 18.6. The van der Waals surface area contributed by atoms with Crippen molar-refractivity contribution in [3.8, 4) is 11.5 Å². The number of aliphatic hydroxyl groups excluding tert-OH is 1. The van der Waals surface area contributed by atoms with Crippen molar-refractivity contribution in [1.82, 2.24) is 19.6 Å². The molecule has 1 atom stereocenters. The minimum Gasteiger partial charge on any atom is -0.497 e. The molecule has 0 saturated heterocycles. The van der Waals surface area contributed by atoms with Gasteiger partial charge in [0.25, 0.3) is 0 Å². The summed E-state index contributed by atoms with van der Waals surface area (Å²) in [4.78, 5) is 8.93. The number of thioether (sulfide) groups is 1. The Morgan fingerprint density at radius 3 is 2.70 bits per heavy atom. The first-order chi connectivity index (χ1) is 13.2. The Labute approximate surface area is 160 Å². The van der Waals surface area contributed by atoms with Gasteiger partial charge in [0.1, 0.15) is 24.4 Å². The summed E-state index contributed by atoms with van der Waals surface area (Å²) in [5, 5.41) is 16.1. The average molecular weight is 382 g/mol. The van der Waals surface area contributed by atoms with E-state index in [4.69, 9.17) is 9.47 Å². The second kappa shape index (κ2) is 7.81. The second-order valence-corrected chi connectivity index (χ2v) is 6.86. The van der Waals surface area contributed by atoms with Gasteiger partial charge in [-0.15, -0.1) is 5.10 Å². The fourth-order valence-electron chi connectivity index (χ4n) is 2.60. The van der Waals surface area contributed by atoms with E-state index >= 15 is 0 Å². The second-order valence-electron chi connectivity index (χ2n) is 5.88. The van der Waals surface area contributed by atoms with Crippen molar-refractivity contribution >= 4 is 28.3 Å². The number of ether oxygens (including phenoxy) is 2. The summed E-state index contributed by atoms with van der Waals surface area (Å²) in [7, 11) is 1.61. The lowest BCUT2D eigenvalue weighted by Gasteiger charge is -2.11. The molecule has 0 unspecified atom stereocenters. The van der Waals surface area contributed by atoms with Gasteiger partial charge in [0.2, 0.25) is 5.16 Å². The number of rotatable bonds is 7. The van der Waals surface area contributed by atoms with Crippen LogP contribution in [0.5, 0.6) is 11.5 Å². The molecular weight excluding hydrogens is 364 g/mol. The maximum atomic E-state index is 10.2. The molecule has 0 fully saturated rings. The van der Waals surface area contributed by atoms with Crippen LogP contribution in [0.3, 0.4) is 0 Å². The molecular formula is C19H18N4O3S. The average Bonchev–Trinajstić information content (AvgIpc) is 3.15. The minimum absolute atomic E-state index is 0.192. The first-order valence-corrected chi connectivity index (χ1v) is 9.39. The number of hydrogen-bond donors (Lipinski definition) is 1. The van der Waals surface area contributed by atoms with Gasteiger partial charge in [0, 0.05) is 11.1 Å². The lowest BCUT2D eigenvalue weighted by molar-refractivity contribution is 0.126. The van der Waals surface area contributed by atoms with E-state index in [1.54, 1.807) is 30.1 Å². The Morgan fingerprint density at radius 1 is 1.11 bits per heavy atom. The van der Waals surface area contributed by atoms with Crippen LogP contribution >= 0.6 is 11.8 Å². The van der Waals surface area contributed by atoms with E-state index in [-0.39, 0.29) is 6.61 Å². The van der Waals surface area contributed by atoms with Crippen molar-refractivity contribution in [3.05, 3.63) is 54.9 Å². The first kappa shape index (κ1) is 17.6. The standard InChI is InChI=1S/C19H18N4O3S/c1-25-14-6-8-15(9-7-14)26-10-13(24)11-27-19-21-18-16-4-2-3-5-17(16)20-12-23(18)22-19/h2-9,12-13,24H,10-11H2,1H3/t13-/m0/s1. The Morgan fingerprint density at radius 2 is 1.89 bits per heavy atom. The number of benzene rings is 2. The van der Waals surface area contributed by atoms with E-state index in [9.17, 15) is 5.11 Å². The van der Waals surface area contributed by atoms with Crippen LogP contribution < -0.4 is 9.47 Å².